The van der Waals surface area contributed by atoms with E-state index in [1.54, 1.807) is 0 Å². The molecule has 6 aromatic rings. The minimum Gasteiger partial charge on any atom is -0.306 e. The van der Waals surface area contributed by atoms with Crippen LogP contribution in [0.15, 0.2) is 127 Å². The van der Waals surface area contributed by atoms with E-state index in [4.69, 9.17) is 0 Å². The van der Waals surface area contributed by atoms with E-state index >= 15 is 0 Å². The number of nitrogens with zero attached hydrogens (tertiary/aromatic N) is 2. The van der Waals surface area contributed by atoms with Crippen molar-refractivity contribution >= 4 is 55.7 Å². The molecule has 0 amide bonds. The summed E-state index contributed by atoms with van der Waals surface area (Å²) >= 11 is 0. The molecule has 0 aliphatic carbocycles. The van der Waals surface area contributed by atoms with Gasteiger partial charge in [0.2, 0.25) is 0 Å². The van der Waals surface area contributed by atoms with Gasteiger partial charge in [-0.05, 0) is 76.5 Å². The van der Waals surface area contributed by atoms with Crippen LogP contribution in [0.1, 0.15) is 5.56 Å². The molecule has 0 spiro atoms. The molecule has 6 aromatic carbocycles. The van der Waals surface area contributed by atoms with Gasteiger partial charge in [-0.2, -0.15) is 0 Å². The summed E-state index contributed by atoms with van der Waals surface area (Å²) in [6, 6.07) is 45.8. The van der Waals surface area contributed by atoms with Crippen LogP contribution < -0.4 is 9.80 Å². The van der Waals surface area contributed by atoms with Crippen LogP contribution in [0.5, 0.6) is 0 Å². The molecular formula is C33H24N2. The van der Waals surface area contributed by atoms with E-state index in [0.717, 1.165) is 11.4 Å². The number of hydrogen-bond donors (Lipinski definition) is 0. The molecule has 0 saturated heterocycles. The fourth-order valence-corrected chi connectivity index (χ4v) is 5.48. The second-order valence-corrected chi connectivity index (χ2v) is 9.12. The number of para-hydroxylation sites is 2. The maximum Gasteiger partial charge on any atom is 0.0739 e. The quantitative estimate of drug-likeness (QED) is 0.260. The van der Waals surface area contributed by atoms with Crippen LogP contribution in [0.3, 0.4) is 0 Å². The number of rotatable bonds is 2. The van der Waals surface area contributed by atoms with Gasteiger partial charge in [0, 0.05) is 11.4 Å². The van der Waals surface area contributed by atoms with Crippen molar-refractivity contribution in [2.75, 3.05) is 9.80 Å². The molecule has 0 fully saturated rings. The SMILES string of the molecule is Cc1c2c(cc3ccccc13)N(c1ccccc1)c1cc3ccccc3cc1N2c1ccccc1. The number of fused-ring (bicyclic) bond motifs is 4. The van der Waals surface area contributed by atoms with Gasteiger partial charge in [0.15, 0.2) is 0 Å². The average molecular weight is 449 g/mol. The van der Waals surface area contributed by atoms with Gasteiger partial charge in [-0.15, -0.1) is 0 Å². The highest BCUT2D eigenvalue weighted by molar-refractivity contribution is 6.10. The van der Waals surface area contributed by atoms with E-state index in [0.29, 0.717) is 0 Å². The zero-order valence-electron chi connectivity index (χ0n) is 19.5. The molecule has 166 valence electrons. The first-order valence-electron chi connectivity index (χ1n) is 12.0. The van der Waals surface area contributed by atoms with Gasteiger partial charge in [-0.1, -0.05) is 84.9 Å². The first-order chi connectivity index (χ1) is 17.3. The summed E-state index contributed by atoms with van der Waals surface area (Å²) in [5.74, 6) is 0. The molecule has 35 heavy (non-hydrogen) atoms. The first-order valence-corrected chi connectivity index (χ1v) is 12.0. The van der Waals surface area contributed by atoms with E-state index in [9.17, 15) is 0 Å². The molecule has 0 saturated carbocycles. The Labute approximate surface area is 205 Å². The molecule has 1 aliphatic rings. The molecule has 0 atom stereocenters. The minimum atomic E-state index is 1.16. The van der Waals surface area contributed by atoms with Gasteiger partial charge in [-0.3, -0.25) is 0 Å². The highest BCUT2D eigenvalue weighted by Crippen LogP contribution is 2.57. The van der Waals surface area contributed by atoms with Gasteiger partial charge in [-0.25, -0.2) is 0 Å². The Kier molecular flexibility index (Phi) is 4.40. The van der Waals surface area contributed by atoms with Gasteiger partial charge in [0.05, 0.1) is 22.7 Å². The minimum absolute atomic E-state index is 1.16. The number of hydrogen-bond acceptors (Lipinski definition) is 2. The van der Waals surface area contributed by atoms with Gasteiger partial charge < -0.3 is 9.80 Å². The lowest BCUT2D eigenvalue weighted by Gasteiger charge is -2.42. The molecule has 0 N–H and O–H groups in total. The average Bonchev–Trinajstić information content (AvgIpc) is 2.92. The van der Waals surface area contributed by atoms with Gasteiger partial charge >= 0.3 is 0 Å². The highest BCUT2D eigenvalue weighted by atomic mass is 15.3. The van der Waals surface area contributed by atoms with Crippen LogP contribution in [0.2, 0.25) is 0 Å². The molecule has 0 unspecified atom stereocenters. The fraction of sp³-hybridized carbons (Fsp3) is 0.0303. The van der Waals surface area contributed by atoms with E-state index in [1.807, 2.05) is 0 Å². The standard InChI is InChI=1S/C33H24N2/c1-23-29-19-11-10-14-26(29)22-32-33(23)35(28-17-6-3-7-18-28)31-21-25-13-9-8-12-24(25)20-30(31)34(32)27-15-4-2-5-16-27/h2-22H,1H3. The number of aryl methyl sites for hydroxylation is 1. The Morgan fingerprint density at radius 1 is 0.429 bits per heavy atom. The summed E-state index contributed by atoms with van der Waals surface area (Å²) in [5, 5.41) is 5.01. The van der Waals surface area contributed by atoms with Crippen molar-refractivity contribution in [2.45, 2.75) is 6.92 Å². The molecule has 1 heterocycles. The largest absolute Gasteiger partial charge is 0.306 e. The van der Waals surface area contributed by atoms with Crippen molar-refractivity contribution in [1.29, 1.82) is 0 Å². The van der Waals surface area contributed by atoms with Crippen molar-refractivity contribution in [2.24, 2.45) is 0 Å². The van der Waals surface area contributed by atoms with Crippen molar-refractivity contribution in [3.05, 3.63) is 133 Å². The van der Waals surface area contributed by atoms with Gasteiger partial charge in [0.1, 0.15) is 0 Å². The van der Waals surface area contributed by atoms with Crippen LogP contribution in [0.25, 0.3) is 21.5 Å². The van der Waals surface area contributed by atoms with Crippen LogP contribution in [-0.4, -0.2) is 0 Å². The second-order valence-electron chi connectivity index (χ2n) is 9.12. The summed E-state index contributed by atoms with van der Waals surface area (Å²) in [6.45, 7) is 2.26. The van der Waals surface area contributed by atoms with Crippen molar-refractivity contribution in [3.8, 4) is 0 Å². The lowest BCUT2D eigenvalue weighted by atomic mass is 9.95. The predicted octanol–water partition coefficient (Wildman–Crippen LogP) is 9.55. The molecule has 7 rings (SSSR count). The molecule has 2 nitrogen and oxygen atoms in total. The van der Waals surface area contributed by atoms with Crippen LogP contribution in [-0.2, 0) is 0 Å². The summed E-state index contributed by atoms with van der Waals surface area (Å²) in [7, 11) is 0. The summed E-state index contributed by atoms with van der Waals surface area (Å²) in [5.41, 5.74) is 8.39. The first kappa shape index (κ1) is 19.9. The van der Waals surface area contributed by atoms with Crippen LogP contribution in [0, 0.1) is 6.92 Å². The Hall–Kier alpha value is -4.56. The van der Waals surface area contributed by atoms with Crippen molar-refractivity contribution in [1.82, 2.24) is 0 Å². The summed E-state index contributed by atoms with van der Waals surface area (Å²) in [4.78, 5) is 4.87. The zero-order chi connectivity index (χ0) is 23.4. The lowest BCUT2D eigenvalue weighted by Crippen LogP contribution is -2.25. The Morgan fingerprint density at radius 2 is 0.886 bits per heavy atom. The van der Waals surface area contributed by atoms with Crippen LogP contribution in [0.4, 0.5) is 34.1 Å². The number of benzene rings is 6. The third kappa shape index (κ3) is 3.04. The second kappa shape index (κ2) is 7.75. The summed E-state index contributed by atoms with van der Waals surface area (Å²) in [6.07, 6.45) is 0. The smallest absolute Gasteiger partial charge is 0.0739 e. The maximum absolute atomic E-state index is 2.44. The van der Waals surface area contributed by atoms with E-state index in [2.05, 4.69) is 144 Å². The highest BCUT2D eigenvalue weighted by Gasteiger charge is 2.32. The Morgan fingerprint density at radius 3 is 1.51 bits per heavy atom. The fourth-order valence-electron chi connectivity index (χ4n) is 5.48. The molecule has 0 aromatic heterocycles. The Balaban J connectivity index is 1.65. The predicted molar refractivity (Wildman–Crippen MR) is 149 cm³/mol. The van der Waals surface area contributed by atoms with Gasteiger partial charge in [0.25, 0.3) is 0 Å². The lowest BCUT2D eigenvalue weighted by molar-refractivity contribution is 1.16. The summed E-state index contributed by atoms with van der Waals surface area (Å²) < 4.78 is 0. The molecule has 0 bridgehead atoms. The third-order valence-corrected chi connectivity index (χ3v) is 7.07. The Bertz CT molecular complexity index is 1700. The van der Waals surface area contributed by atoms with E-state index < -0.39 is 0 Å². The monoisotopic (exact) mass is 448 g/mol. The molecule has 0 radical (unpaired) electrons. The van der Waals surface area contributed by atoms with Crippen molar-refractivity contribution < 1.29 is 0 Å². The van der Waals surface area contributed by atoms with Crippen molar-refractivity contribution in [3.63, 3.8) is 0 Å². The zero-order valence-corrected chi connectivity index (χ0v) is 19.5. The van der Waals surface area contributed by atoms with E-state index in [1.165, 1.54) is 49.9 Å². The topological polar surface area (TPSA) is 6.48 Å². The molecular weight excluding hydrogens is 424 g/mol. The number of anilines is 6. The van der Waals surface area contributed by atoms with E-state index in [-0.39, 0.29) is 0 Å². The normalized spacial score (nSPS) is 12.6. The maximum atomic E-state index is 2.44. The molecule has 1 aliphatic heterocycles. The molecule has 2 heteroatoms. The van der Waals surface area contributed by atoms with Crippen LogP contribution >= 0.6 is 0 Å². The third-order valence-electron chi connectivity index (χ3n) is 7.07.